The van der Waals surface area contributed by atoms with E-state index in [2.05, 4.69) is 15.2 Å². The number of ether oxygens (including phenoxy) is 4. The van der Waals surface area contributed by atoms with Gasteiger partial charge in [0.05, 0.1) is 55.9 Å². The van der Waals surface area contributed by atoms with Crippen molar-refractivity contribution in [1.82, 2.24) is 19.7 Å². The molecule has 0 saturated carbocycles. The molecule has 0 amide bonds. The summed E-state index contributed by atoms with van der Waals surface area (Å²) in [5.41, 5.74) is 1.53. The van der Waals surface area contributed by atoms with Crippen LogP contribution in [0.2, 0.25) is 0 Å². The molecule has 216 valence electrons. The summed E-state index contributed by atoms with van der Waals surface area (Å²) in [6, 6.07) is 18.7. The van der Waals surface area contributed by atoms with Crippen LogP contribution in [-0.2, 0) is 20.3 Å². The van der Waals surface area contributed by atoms with Gasteiger partial charge in [-0.05, 0) is 42.8 Å². The number of nitrogens with zero attached hydrogens (tertiary/aromatic N) is 6. The van der Waals surface area contributed by atoms with Crippen molar-refractivity contribution in [3.05, 3.63) is 77.1 Å². The van der Waals surface area contributed by atoms with Crippen LogP contribution >= 0.6 is 0 Å². The van der Waals surface area contributed by atoms with Gasteiger partial charge in [-0.2, -0.15) is 10.5 Å². The summed E-state index contributed by atoms with van der Waals surface area (Å²) in [5.74, 6) is 0.850. The van der Waals surface area contributed by atoms with Crippen LogP contribution in [0.25, 0.3) is 17.2 Å². The van der Waals surface area contributed by atoms with Gasteiger partial charge in [0.15, 0.2) is 21.5 Å². The molecule has 0 unspecified atom stereocenters. The highest BCUT2D eigenvalue weighted by Gasteiger charge is 2.35. The second-order valence-corrected chi connectivity index (χ2v) is 11.4. The average Bonchev–Trinajstić information content (AvgIpc) is 3.42. The lowest BCUT2D eigenvalue weighted by atomic mass is 9.99. The minimum atomic E-state index is -4.01. The molecule has 2 aromatic heterocycles. The molecule has 42 heavy (non-hydrogen) atoms. The second kappa shape index (κ2) is 12.7. The molecule has 4 aromatic rings. The van der Waals surface area contributed by atoms with E-state index in [1.165, 1.54) is 58.1 Å². The summed E-state index contributed by atoms with van der Waals surface area (Å²) in [4.78, 5) is 4.47. The molecule has 13 heteroatoms. The molecule has 0 aliphatic rings. The molecule has 0 aliphatic carbocycles. The van der Waals surface area contributed by atoms with Crippen molar-refractivity contribution < 1.29 is 27.4 Å². The predicted octanol–water partition coefficient (Wildman–Crippen LogP) is 3.79. The highest BCUT2D eigenvalue weighted by Crippen LogP contribution is 2.37. The SMILES string of the molecule is COc1cccc(-c2nnc(CS(=O)(=O)[C@H](C)[C@H](OC)c3ccc(C#N)cc3C#N)n2-c2c(OC)cccc2OC)n1. The number of aromatic nitrogens is 4. The van der Waals surface area contributed by atoms with Crippen molar-refractivity contribution in [1.29, 1.82) is 10.5 Å². The maximum Gasteiger partial charge on any atom is 0.213 e. The molecular weight excluding hydrogens is 560 g/mol. The predicted molar refractivity (Wildman–Crippen MR) is 152 cm³/mol. The minimum absolute atomic E-state index is 0.0689. The third-order valence-electron chi connectivity index (χ3n) is 6.70. The fourth-order valence-electron chi connectivity index (χ4n) is 4.56. The van der Waals surface area contributed by atoms with Gasteiger partial charge in [0.25, 0.3) is 0 Å². The molecule has 0 radical (unpaired) electrons. The number of methoxy groups -OCH3 is 4. The summed E-state index contributed by atoms with van der Waals surface area (Å²) in [6.07, 6.45) is -1.01. The lowest BCUT2D eigenvalue weighted by Gasteiger charge is -2.24. The molecule has 0 bridgehead atoms. The summed E-state index contributed by atoms with van der Waals surface area (Å²) in [7, 11) is 1.80. The lowest BCUT2D eigenvalue weighted by Crippen LogP contribution is -2.29. The molecule has 0 aliphatic heterocycles. The smallest absolute Gasteiger partial charge is 0.213 e. The Bertz CT molecular complexity index is 1770. The van der Waals surface area contributed by atoms with Gasteiger partial charge in [-0.1, -0.05) is 18.2 Å². The molecular formula is C29H28N6O6S. The number of rotatable bonds is 11. The number of pyridine rings is 1. The topological polar surface area (TPSA) is 162 Å². The van der Waals surface area contributed by atoms with Crippen molar-refractivity contribution >= 4 is 9.84 Å². The monoisotopic (exact) mass is 588 g/mol. The van der Waals surface area contributed by atoms with E-state index in [9.17, 15) is 18.9 Å². The lowest BCUT2D eigenvalue weighted by molar-refractivity contribution is 0.102. The van der Waals surface area contributed by atoms with Gasteiger partial charge in [0, 0.05) is 13.2 Å². The summed E-state index contributed by atoms with van der Waals surface area (Å²) >= 11 is 0. The van der Waals surface area contributed by atoms with Gasteiger partial charge in [-0.3, -0.25) is 4.57 Å². The first kappa shape index (κ1) is 30.0. The minimum Gasteiger partial charge on any atom is -0.494 e. The van der Waals surface area contributed by atoms with E-state index < -0.39 is 26.9 Å². The van der Waals surface area contributed by atoms with Gasteiger partial charge in [0.2, 0.25) is 5.88 Å². The number of sulfone groups is 1. The van der Waals surface area contributed by atoms with E-state index in [4.69, 9.17) is 18.9 Å². The largest absolute Gasteiger partial charge is 0.494 e. The molecule has 0 fully saturated rings. The van der Waals surface area contributed by atoms with E-state index >= 15 is 0 Å². The van der Waals surface area contributed by atoms with E-state index in [1.807, 2.05) is 12.1 Å². The molecule has 0 saturated heterocycles. The summed E-state index contributed by atoms with van der Waals surface area (Å²) in [6.45, 7) is 1.50. The first-order chi connectivity index (χ1) is 20.2. The van der Waals surface area contributed by atoms with Crippen molar-refractivity contribution in [2.24, 2.45) is 0 Å². The fraction of sp³-hybridized carbons (Fsp3) is 0.276. The average molecular weight is 589 g/mol. The van der Waals surface area contributed by atoms with Crippen LogP contribution in [0.4, 0.5) is 0 Å². The van der Waals surface area contributed by atoms with E-state index in [1.54, 1.807) is 36.4 Å². The van der Waals surface area contributed by atoms with Crippen LogP contribution in [0.15, 0.2) is 54.6 Å². The first-order valence-corrected chi connectivity index (χ1v) is 14.3. The van der Waals surface area contributed by atoms with Crippen LogP contribution in [0.3, 0.4) is 0 Å². The number of hydrogen-bond donors (Lipinski definition) is 0. The van der Waals surface area contributed by atoms with Gasteiger partial charge in [-0.15, -0.1) is 10.2 Å². The third-order valence-corrected chi connectivity index (χ3v) is 8.74. The molecule has 0 N–H and O–H groups in total. The van der Waals surface area contributed by atoms with E-state index in [-0.39, 0.29) is 22.8 Å². The zero-order chi connectivity index (χ0) is 30.4. The highest BCUT2D eigenvalue weighted by atomic mass is 32.2. The van der Waals surface area contributed by atoms with Gasteiger partial charge in [-0.25, -0.2) is 13.4 Å². The molecule has 2 aromatic carbocycles. The fourth-order valence-corrected chi connectivity index (χ4v) is 6.00. The van der Waals surface area contributed by atoms with Crippen LogP contribution in [-0.4, -0.2) is 61.9 Å². The van der Waals surface area contributed by atoms with Crippen LogP contribution in [0.5, 0.6) is 17.4 Å². The Kier molecular flexibility index (Phi) is 9.06. The second-order valence-electron chi connectivity index (χ2n) is 9.05. The Morgan fingerprint density at radius 2 is 1.60 bits per heavy atom. The quantitative estimate of drug-likeness (QED) is 0.250. The first-order valence-electron chi connectivity index (χ1n) is 12.6. The van der Waals surface area contributed by atoms with Crippen molar-refractivity contribution in [3.8, 4) is 46.7 Å². The Morgan fingerprint density at radius 3 is 2.19 bits per heavy atom. The number of para-hydroxylation sites is 1. The maximum absolute atomic E-state index is 13.9. The molecule has 2 heterocycles. The standard InChI is InChI=1S/C29H28N6O6S/c1-18(28(41-5)21-13-12-19(15-30)14-20(21)16-31)42(36,37)17-25-33-34-29(22-8-6-11-26(32-22)40-4)35(25)27-23(38-2)9-7-10-24(27)39-3/h6-14,18,28H,17H2,1-5H3/t18-,28+/m1/s1. The van der Waals surface area contributed by atoms with Gasteiger partial charge < -0.3 is 18.9 Å². The van der Waals surface area contributed by atoms with E-state index in [0.717, 1.165) is 0 Å². The maximum atomic E-state index is 13.9. The van der Waals surface area contributed by atoms with Crippen molar-refractivity contribution in [2.45, 2.75) is 24.0 Å². The van der Waals surface area contributed by atoms with E-state index in [0.29, 0.717) is 34.3 Å². The van der Waals surface area contributed by atoms with Crippen molar-refractivity contribution in [3.63, 3.8) is 0 Å². The Labute approximate surface area is 243 Å². The molecule has 4 rings (SSSR count). The normalized spacial score (nSPS) is 12.5. The number of nitriles is 2. The zero-order valence-corrected chi connectivity index (χ0v) is 24.4. The Hall–Kier alpha value is -4.98. The number of hydrogen-bond acceptors (Lipinski definition) is 11. The van der Waals surface area contributed by atoms with Crippen LogP contribution in [0.1, 0.15) is 35.5 Å². The third kappa shape index (κ3) is 5.74. The summed E-state index contributed by atoms with van der Waals surface area (Å²) in [5, 5.41) is 26.4. The Morgan fingerprint density at radius 1 is 0.905 bits per heavy atom. The van der Waals surface area contributed by atoms with Gasteiger partial charge >= 0.3 is 0 Å². The van der Waals surface area contributed by atoms with Crippen molar-refractivity contribution in [2.75, 3.05) is 28.4 Å². The zero-order valence-electron chi connectivity index (χ0n) is 23.6. The Balaban J connectivity index is 1.86. The molecule has 12 nitrogen and oxygen atoms in total. The van der Waals surface area contributed by atoms with Crippen LogP contribution < -0.4 is 14.2 Å². The van der Waals surface area contributed by atoms with Gasteiger partial charge in [0.1, 0.15) is 28.6 Å². The number of benzene rings is 2. The van der Waals surface area contributed by atoms with Crippen LogP contribution in [0, 0.1) is 22.7 Å². The highest BCUT2D eigenvalue weighted by molar-refractivity contribution is 7.91. The summed E-state index contributed by atoms with van der Waals surface area (Å²) < 4.78 is 51.5. The molecule has 0 spiro atoms. The molecule has 2 atom stereocenters.